The molecule has 0 radical (unpaired) electrons. The first-order valence-electron chi connectivity index (χ1n) is 4.07. The molecule has 0 unspecified atom stereocenters. The number of rotatable bonds is 2. The highest BCUT2D eigenvalue weighted by Crippen LogP contribution is 2.34. The Kier molecular flexibility index (Phi) is 5.90. The number of hydrogen-bond donors (Lipinski definition) is 1. The average molecular weight is 295 g/mol. The van der Waals surface area contributed by atoms with Crippen molar-refractivity contribution in [3.63, 3.8) is 0 Å². The van der Waals surface area contributed by atoms with Gasteiger partial charge in [0.05, 0.1) is 16.5 Å². The molecule has 0 aromatic heterocycles. The van der Waals surface area contributed by atoms with Crippen molar-refractivity contribution in [2.24, 2.45) is 5.73 Å². The number of benzene rings is 1. The van der Waals surface area contributed by atoms with Gasteiger partial charge in [0, 0.05) is 6.04 Å². The van der Waals surface area contributed by atoms with E-state index >= 15 is 0 Å². The maximum atomic E-state index is 12.1. The highest BCUT2D eigenvalue weighted by molar-refractivity contribution is 6.42. The summed E-state index contributed by atoms with van der Waals surface area (Å²) in [6.45, 7) is 0. The highest BCUT2D eigenvalue weighted by atomic mass is 35.5. The number of alkyl halides is 3. The highest BCUT2D eigenvalue weighted by Gasteiger charge is 2.31. The van der Waals surface area contributed by atoms with Gasteiger partial charge in [0.15, 0.2) is 0 Å². The minimum atomic E-state index is -4.31. The SMILES string of the molecule is Cl.N[C@@H](CC(F)(F)F)c1cccc(Cl)c1Cl. The van der Waals surface area contributed by atoms with E-state index in [1.807, 2.05) is 0 Å². The van der Waals surface area contributed by atoms with Gasteiger partial charge in [-0.25, -0.2) is 0 Å². The molecule has 92 valence electrons. The summed E-state index contributed by atoms with van der Waals surface area (Å²) in [4.78, 5) is 0. The lowest BCUT2D eigenvalue weighted by Gasteiger charge is -2.16. The molecule has 0 saturated carbocycles. The van der Waals surface area contributed by atoms with E-state index in [1.165, 1.54) is 18.2 Å². The zero-order chi connectivity index (χ0) is 11.6. The summed E-state index contributed by atoms with van der Waals surface area (Å²) in [5, 5.41) is 0.280. The van der Waals surface area contributed by atoms with E-state index in [9.17, 15) is 13.2 Å². The lowest BCUT2D eigenvalue weighted by atomic mass is 10.0. The Morgan fingerprint density at radius 1 is 1.25 bits per heavy atom. The van der Waals surface area contributed by atoms with Crippen LogP contribution >= 0.6 is 35.6 Å². The maximum Gasteiger partial charge on any atom is 0.390 e. The number of halogens is 6. The van der Waals surface area contributed by atoms with Crippen LogP contribution in [0.3, 0.4) is 0 Å². The topological polar surface area (TPSA) is 26.0 Å². The standard InChI is InChI=1S/C9H8Cl2F3N.ClH/c10-6-3-1-2-5(8(6)11)7(15)4-9(12,13)14;/h1-3,7H,4,15H2;1H/t7-;/m0./s1. The van der Waals surface area contributed by atoms with Crippen molar-refractivity contribution in [2.75, 3.05) is 0 Å². The average Bonchev–Trinajstić information content (AvgIpc) is 2.06. The Hall–Kier alpha value is -0.160. The van der Waals surface area contributed by atoms with Crippen molar-refractivity contribution in [1.29, 1.82) is 0 Å². The van der Waals surface area contributed by atoms with E-state index in [2.05, 4.69) is 0 Å². The van der Waals surface area contributed by atoms with Crippen LogP contribution in [0.5, 0.6) is 0 Å². The second-order valence-electron chi connectivity index (χ2n) is 3.07. The zero-order valence-electron chi connectivity index (χ0n) is 7.89. The van der Waals surface area contributed by atoms with Gasteiger partial charge in [-0.3, -0.25) is 0 Å². The Balaban J connectivity index is 0.00000225. The normalized spacial score (nSPS) is 13.1. The summed E-state index contributed by atoms with van der Waals surface area (Å²) in [7, 11) is 0. The van der Waals surface area contributed by atoms with E-state index < -0.39 is 18.6 Å². The third-order valence-corrected chi connectivity index (χ3v) is 2.67. The lowest BCUT2D eigenvalue weighted by Crippen LogP contribution is -2.20. The summed E-state index contributed by atoms with van der Waals surface area (Å²) in [6, 6.07) is 3.26. The second kappa shape index (κ2) is 5.96. The number of nitrogens with two attached hydrogens (primary N) is 1. The molecule has 1 rings (SSSR count). The minimum absolute atomic E-state index is 0. The van der Waals surface area contributed by atoms with Gasteiger partial charge in [-0.1, -0.05) is 35.3 Å². The Bertz CT molecular complexity index is 354. The van der Waals surface area contributed by atoms with Crippen LogP contribution in [0.4, 0.5) is 13.2 Å². The van der Waals surface area contributed by atoms with Crippen LogP contribution in [0, 0.1) is 0 Å². The monoisotopic (exact) mass is 293 g/mol. The Morgan fingerprint density at radius 2 is 1.81 bits per heavy atom. The fourth-order valence-corrected chi connectivity index (χ4v) is 1.61. The van der Waals surface area contributed by atoms with Crippen molar-refractivity contribution < 1.29 is 13.2 Å². The molecule has 7 heteroatoms. The molecule has 0 bridgehead atoms. The molecule has 16 heavy (non-hydrogen) atoms. The summed E-state index contributed by atoms with van der Waals surface area (Å²) in [5.74, 6) is 0. The summed E-state index contributed by atoms with van der Waals surface area (Å²) >= 11 is 11.4. The maximum absolute atomic E-state index is 12.1. The summed E-state index contributed by atoms with van der Waals surface area (Å²) < 4.78 is 36.2. The zero-order valence-corrected chi connectivity index (χ0v) is 10.2. The van der Waals surface area contributed by atoms with Crippen molar-refractivity contribution in [2.45, 2.75) is 18.6 Å². The molecule has 0 aliphatic carbocycles. The number of hydrogen-bond acceptors (Lipinski definition) is 1. The molecule has 1 aromatic carbocycles. The van der Waals surface area contributed by atoms with Crippen LogP contribution in [0.1, 0.15) is 18.0 Å². The molecule has 1 aromatic rings. The Labute approximate surface area is 107 Å². The predicted octanol–water partition coefficient (Wildman–Crippen LogP) is 4.37. The molecule has 0 amide bonds. The lowest BCUT2D eigenvalue weighted by molar-refractivity contribution is -0.138. The van der Waals surface area contributed by atoms with Crippen LogP contribution < -0.4 is 5.73 Å². The second-order valence-corrected chi connectivity index (χ2v) is 3.85. The van der Waals surface area contributed by atoms with Gasteiger partial charge in [0.2, 0.25) is 0 Å². The molecule has 0 spiro atoms. The van der Waals surface area contributed by atoms with Gasteiger partial charge < -0.3 is 5.73 Å². The van der Waals surface area contributed by atoms with E-state index in [1.54, 1.807) is 0 Å². The molecule has 0 fully saturated rings. The summed E-state index contributed by atoms with van der Waals surface area (Å²) in [6.07, 6.45) is -5.43. The fourth-order valence-electron chi connectivity index (χ4n) is 1.17. The predicted molar refractivity (Wildman–Crippen MR) is 61.3 cm³/mol. The molecular formula is C9H9Cl3F3N. The van der Waals surface area contributed by atoms with Crippen molar-refractivity contribution in [1.82, 2.24) is 0 Å². The van der Waals surface area contributed by atoms with E-state index in [4.69, 9.17) is 28.9 Å². The minimum Gasteiger partial charge on any atom is -0.324 e. The van der Waals surface area contributed by atoms with Gasteiger partial charge >= 0.3 is 6.18 Å². The van der Waals surface area contributed by atoms with Gasteiger partial charge in [0.25, 0.3) is 0 Å². The fraction of sp³-hybridized carbons (Fsp3) is 0.333. The van der Waals surface area contributed by atoms with Crippen LogP contribution in [0.15, 0.2) is 18.2 Å². The molecule has 0 saturated heterocycles. The van der Waals surface area contributed by atoms with E-state index in [0.29, 0.717) is 0 Å². The van der Waals surface area contributed by atoms with Crippen molar-refractivity contribution in [3.05, 3.63) is 33.8 Å². The molecular weight excluding hydrogens is 285 g/mol. The first-order chi connectivity index (χ1) is 6.81. The first-order valence-corrected chi connectivity index (χ1v) is 4.83. The van der Waals surface area contributed by atoms with Crippen molar-refractivity contribution >= 4 is 35.6 Å². The van der Waals surface area contributed by atoms with Crippen LogP contribution in [-0.4, -0.2) is 6.18 Å². The van der Waals surface area contributed by atoms with E-state index in [0.717, 1.165) is 0 Å². The molecule has 1 atom stereocenters. The molecule has 0 aliphatic rings. The summed E-state index contributed by atoms with van der Waals surface area (Å²) in [5.41, 5.74) is 5.60. The quantitative estimate of drug-likeness (QED) is 0.861. The van der Waals surface area contributed by atoms with Crippen LogP contribution in [0.25, 0.3) is 0 Å². The molecule has 0 heterocycles. The molecule has 0 aliphatic heterocycles. The van der Waals surface area contributed by atoms with Crippen LogP contribution in [0.2, 0.25) is 10.0 Å². The van der Waals surface area contributed by atoms with E-state index in [-0.39, 0.29) is 28.0 Å². The van der Waals surface area contributed by atoms with Gasteiger partial charge in [-0.05, 0) is 11.6 Å². The van der Waals surface area contributed by atoms with Crippen LogP contribution in [-0.2, 0) is 0 Å². The smallest absolute Gasteiger partial charge is 0.324 e. The molecule has 1 nitrogen and oxygen atoms in total. The van der Waals surface area contributed by atoms with Gasteiger partial charge in [-0.2, -0.15) is 13.2 Å². The van der Waals surface area contributed by atoms with Gasteiger partial charge in [-0.15, -0.1) is 12.4 Å². The first kappa shape index (κ1) is 15.8. The molecule has 2 N–H and O–H groups in total. The Morgan fingerprint density at radius 3 is 2.31 bits per heavy atom. The van der Waals surface area contributed by atoms with Gasteiger partial charge in [0.1, 0.15) is 0 Å². The third kappa shape index (κ3) is 4.37. The van der Waals surface area contributed by atoms with Crippen molar-refractivity contribution in [3.8, 4) is 0 Å². The largest absolute Gasteiger partial charge is 0.390 e. The third-order valence-electron chi connectivity index (χ3n) is 1.83.